The summed E-state index contributed by atoms with van der Waals surface area (Å²) in [4.78, 5) is 13.0. The number of hydrogen-bond donors (Lipinski definition) is 1. The molecule has 0 bridgehead atoms. The molecule has 28 heavy (non-hydrogen) atoms. The molecule has 3 rings (SSSR count). The van der Waals surface area contributed by atoms with Gasteiger partial charge in [-0.25, -0.2) is 8.42 Å². The average Bonchev–Trinajstić information content (AvgIpc) is 3.17. The lowest BCUT2D eigenvalue weighted by atomic mass is 10.0. The lowest BCUT2D eigenvalue weighted by Crippen LogP contribution is -2.10. The van der Waals surface area contributed by atoms with E-state index >= 15 is 0 Å². The SMILES string of the molecule is COc1ccc(Cl)cc1CC(=O)[C@@H]1[C@@H](c2ccc(NS(C)(=O)=O)cc2)C1(C)C. The number of rotatable bonds is 7. The van der Waals surface area contributed by atoms with E-state index in [0.717, 1.165) is 17.4 Å². The van der Waals surface area contributed by atoms with Gasteiger partial charge in [-0.05, 0) is 47.2 Å². The zero-order chi connectivity index (χ0) is 20.7. The maximum absolute atomic E-state index is 13.0. The predicted octanol–water partition coefficient (Wildman–Crippen LogP) is 4.27. The third kappa shape index (κ3) is 4.33. The Bertz CT molecular complexity index is 1000. The predicted molar refractivity (Wildman–Crippen MR) is 112 cm³/mol. The molecule has 0 aromatic heterocycles. The van der Waals surface area contributed by atoms with Crippen LogP contribution >= 0.6 is 11.6 Å². The van der Waals surface area contributed by atoms with Gasteiger partial charge < -0.3 is 4.74 Å². The molecule has 0 amide bonds. The fourth-order valence-corrected chi connectivity index (χ4v) is 4.78. The number of ether oxygens (including phenoxy) is 1. The van der Waals surface area contributed by atoms with E-state index < -0.39 is 10.0 Å². The Labute approximate surface area is 171 Å². The second-order valence-electron chi connectivity index (χ2n) is 7.87. The molecule has 0 radical (unpaired) electrons. The molecule has 150 valence electrons. The third-order valence-electron chi connectivity index (χ3n) is 5.35. The van der Waals surface area contributed by atoms with Gasteiger partial charge in [-0.3, -0.25) is 9.52 Å². The first-order valence-corrected chi connectivity index (χ1v) is 11.2. The van der Waals surface area contributed by atoms with Crippen LogP contribution in [0, 0.1) is 11.3 Å². The topological polar surface area (TPSA) is 72.5 Å². The van der Waals surface area contributed by atoms with Crippen LogP contribution in [0.15, 0.2) is 42.5 Å². The number of benzene rings is 2. The molecule has 1 fully saturated rings. The molecule has 0 heterocycles. The summed E-state index contributed by atoms with van der Waals surface area (Å²) in [6, 6.07) is 12.5. The summed E-state index contributed by atoms with van der Waals surface area (Å²) >= 11 is 6.08. The number of Topliss-reactive ketones (excluding diaryl/α,β-unsaturated/α-hetero) is 1. The van der Waals surface area contributed by atoms with Crippen LogP contribution in [0.1, 0.15) is 30.9 Å². The van der Waals surface area contributed by atoms with Crippen molar-refractivity contribution >= 4 is 33.1 Å². The molecule has 2 atom stereocenters. The Hall–Kier alpha value is -2.05. The molecule has 0 aliphatic heterocycles. The Morgan fingerprint density at radius 2 is 1.82 bits per heavy atom. The average molecular weight is 422 g/mol. The molecule has 7 heteroatoms. The summed E-state index contributed by atoms with van der Waals surface area (Å²) < 4.78 is 30.5. The molecular formula is C21H24ClNO4S. The summed E-state index contributed by atoms with van der Waals surface area (Å²) in [7, 11) is -1.74. The number of carbonyl (C=O) groups is 1. The molecule has 1 N–H and O–H groups in total. The van der Waals surface area contributed by atoms with Crippen LogP contribution in [-0.4, -0.2) is 27.6 Å². The van der Waals surface area contributed by atoms with Crippen molar-refractivity contribution in [2.45, 2.75) is 26.2 Å². The van der Waals surface area contributed by atoms with Crippen molar-refractivity contribution in [3.05, 3.63) is 58.6 Å². The molecule has 1 aliphatic carbocycles. The van der Waals surface area contributed by atoms with Crippen molar-refractivity contribution in [3.63, 3.8) is 0 Å². The van der Waals surface area contributed by atoms with E-state index in [4.69, 9.17) is 16.3 Å². The molecule has 1 aliphatic rings. The van der Waals surface area contributed by atoms with Gasteiger partial charge in [0.2, 0.25) is 10.0 Å². The summed E-state index contributed by atoms with van der Waals surface area (Å²) in [5, 5.41) is 0.573. The van der Waals surface area contributed by atoms with Crippen LogP contribution in [0.2, 0.25) is 5.02 Å². The van der Waals surface area contributed by atoms with Crippen molar-refractivity contribution in [3.8, 4) is 5.75 Å². The zero-order valence-corrected chi connectivity index (χ0v) is 17.9. The number of hydrogen-bond acceptors (Lipinski definition) is 4. The van der Waals surface area contributed by atoms with Crippen LogP contribution in [0.3, 0.4) is 0 Å². The van der Waals surface area contributed by atoms with Crippen molar-refractivity contribution in [1.29, 1.82) is 0 Å². The number of anilines is 1. The minimum absolute atomic E-state index is 0.0949. The smallest absolute Gasteiger partial charge is 0.229 e. The van der Waals surface area contributed by atoms with Crippen LogP contribution in [0.25, 0.3) is 0 Å². The van der Waals surface area contributed by atoms with Crippen molar-refractivity contribution < 1.29 is 17.9 Å². The number of methoxy groups -OCH3 is 1. The molecule has 2 aromatic rings. The second-order valence-corrected chi connectivity index (χ2v) is 10.1. The van der Waals surface area contributed by atoms with E-state index in [2.05, 4.69) is 18.6 Å². The first kappa shape index (κ1) is 20.7. The number of carbonyl (C=O) groups excluding carboxylic acids is 1. The van der Waals surface area contributed by atoms with Gasteiger partial charge in [0.15, 0.2) is 0 Å². The molecule has 0 saturated heterocycles. The summed E-state index contributed by atoms with van der Waals surface area (Å²) in [5.74, 6) is 0.792. The highest BCUT2D eigenvalue weighted by atomic mass is 35.5. The maximum atomic E-state index is 13.0. The molecular weight excluding hydrogens is 398 g/mol. The number of nitrogens with one attached hydrogen (secondary N) is 1. The fraction of sp³-hybridized carbons (Fsp3) is 0.381. The fourth-order valence-electron chi connectivity index (χ4n) is 4.02. The quantitative estimate of drug-likeness (QED) is 0.724. The highest BCUT2D eigenvalue weighted by Crippen LogP contribution is 2.65. The van der Waals surface area contributed by atoms with Gasteiger partial charge in [-0.1, -0.05) is 37.6 Å². The lowest BCUT2D eigenvalue weighted by Gasteiger charge is -2.09. The summed E-state index contributed by atoms with van der Waals surface area (Å²) in [6.07, 6.45) is 1.38. The minimum atomic E-state index is -3.31. The standard InChI is InChI=1S/C21H24ClNO4S/c1-21(2)19(13-5-8-16(9-6-13)23-28(4,25)26)20(21)17(24)12-14-11-15(22)7-10-18(14)27-3/h5-11,19-20,23H,12H2,1-4H3/t19-,20-/m1/s1. The van der Waals surface area contributed by atoms with Gasteiger partial charge in [0.25, 0.3) is 0 Å². The van der Waals surface area contributed by atoms with E-state index in [-0.39, 0.29) is 29.5 Å². The summed E-state index contributed by atoms with van der Waals surface area (Å²) in [6.45, 7) is 4.16. The molecule has 1 saturated carbocycles. The van der Waals surface area contributed by atoms with E-state index in [1.165, 1.54) is 0 Å². The first-order chi connectivity index (χ1) is 13.0. The van der Waals surface area contributed by atoms with Crippen molar-refractivity contribution in [2.24, 2.45) is 11.3 Å². The normalized spacial score (nSPS) is 20.5. The molecule has 0 unspecified atom stereocenters. The van der Waals surface area contributed by atoms with Crippen LogP contribution in [-0.2, 0) is 21.2 Å². The number of ketones is 1. The van der Waals surface area contributed by atoms with E-state index in [9.17, 15) is 13.2 Å². The van der Waals surface area contributed by atoms with Gasteiger partial charge >= 0.3 is 0 Å². The molecule has 0 spiro atoms. The van der Waals surface area contributed by atoms with Gasteiger partial charge in [-0.15, -0.1) is 0 Å². The monoisotopic (exact) mass is 421 g/mol. The van der Waals surface area contributed by atoms with Gasteiger partial charge in [0, 0.05) is 28.6 Å². The molecule has 2 aromatic carbocycles. The first-order valence-electron chi connectivity index (χ1n) is 8.96. The third-order valence-corrected chi connectivity index (χ3v) is 6.20. The van der Waals surface area contributed by atoms with Crippen LogP contribution in [0.4, 0.5) is 5.69 Å². The Kier molecular flexibility index (Phi) is 5.47. The van der Waals surface area contributed by atoms with Gasteiger partial charge in [0.1, 0.15) is 11.5 Å². The Morgan fingerprint density at radius 3 is 2.39 bits per heavy atom. The Balaban J connectivity index is 1.77. The summed E-state index contributed by atoms with van der Waals surface area (Å²) in [5.41, 5.74) is 2.17. The molecule has 5 nitrogen and oxygen atoms in total. The Morgan fingerprint density at radius 1 is 1.18 bits per heavy atom. The van der Waals surface area contributed by atoms with E-state index in [1.54, 1.807) is 37.4 Å². The lowest BCUT2D eigenvalue weighted by molar-refractivity contribution is -0.120. The van der Waals surface area contributed by atoms with E-state index in [0.29, 0.717) is 16.5 Å². The van der Waals surface area contributed by atoms with Crippen molar-refractivity contribution in [2.75, 3.05) is 18.1 Å². The van der Waals surface area contributed by atoms with E-state index in [1.807, 2.05) is 12.1 Å². The van der Waals surface area contributed by atoms with Gasteiger partial charge in [-0.2, -0.15) is 0 Å². The van der Waals surface area contributed by atoms with Gasteiger partial charge in [0.05, 0.1) is 13.4 Å². The largest absolute Gasteiger partial charge is 0.496 e. The second kappa shape index (κ2) is 7.41. The minimum Gasteiger partial charge on any atom is -0.496 e. The maximum Gasteiger partial charge on any atom is 0.229 e. The zero-order valence-electron chi connectivity index (χ0n) is 16.3. The highest BCUT2D eigenvalue weighted by molar-refractivity contribution is 7.92. The number of sulfonamides is 1. The highest BCUT2D eigenvalue weighted by Gasteiger charge is 2.61. The van der Waals surface area contributed by atoms with Crippen LogP contribution < -0.4 is 9.46 Å². The van der Waals surface area contributed by atoms with Crippen molar-refractivity contribution in [1.82, 2.24) is 0 Å². The number of halogens is 1. The van der Waals surface area contributed by atoms with Crippen LogP contribution in [0.5, 0.6) is 5.75 Å².